The van der Waals surface area contributed by atoms with Crippen molar-refractivity contribution in [2.45, 2.75) is 59.3 Å². The Balaban J connectivity index is 0.000000115. The standard InChI is InChI=1S/C50H43NOS.C37H25NOS.C36H20F3NOS/c1-49(2,3)36-22-14-32(15-23-36)34-18-26-38(27-19-34)51(39-28-20-35(21-29-39)33-16-24-37(25-17-33)50(4,5)6)43-12-9-11-40-41-30-31-45-46(48(41)52-47(40)43)42-10-7-8-13-44(42)53-45;1-24-14-16-25(17-15-24)26-18-20-28(21-19-26)38(27-8-3-2-4-9-27)32-12-7-11-29-30-22-23-34-35(37(30)39-36(29)32)31-10-5-6-13-33(31)40-34;37-22-19-28(38)33(29(39)20-22)21-13-15-24(16-14-21)40(23-7-2-1-3-8-23)30-11-6-10-25-26-17-18-32-34(36(26)41-35(25)30)27-9-4-5-12-31(27)42-32/h7-31H,1-6H3;2-23H,1H3;1-20H. The number of anilines is 9. The second-order valence-electron chi connectivity index (χ2n) is 36.6. The molecule has 0 saturated heterocycles. The van der Waals surface area contributed by atoms with E-state index in [4.69, 9.17) is 13.3 Å². The number of halogens is 3. The zero-order valence-electron chi connectivity index (χ0n) is 75.1. The van der Waals surface area contributed by atoms with Gasteiger partial charge in [-0.25, -0.2) is 13.2 Å². The minimum atomic E-state index is -0.952. The van der Waals surface area contributed by atoms with Crippen molar-refractivity contribution in [2.24, 2.45) is 0 Å². The van der Waals surface area contributed by atoms with E-state index >= 15 is 0 Å². The molecule has 0 unspecified atom stereocenters. The van der Waals surface area contributed by atoms with Crippen molar-refractivity contribution in [3.63, 3.8) is 0 Å². The lowest BCUT2D eigenvalue weighted by Gasteiger charge is -2.26. The highest BCUT2D eigenvalue weighted by atomic mass is 32.1. The summed E-state index contributed by atoms with van der Waals surface area (Å²) < 4.78 is 70.7. The first-order valence-corrected chi connectivity index (χ1v) is 47.9. The molecule has 25 aromatic rings. The van der Waals surface area contributed by atoms with Crippen molar-refractivity contribution >= 4 is 212 Å². The van der Waals surface area contributed by atoms with Crippen molar-refractivity contribution in [1.82, 2.24) is 0 Å². The Morgan fingerprint density at radius 1 is 0.222 bits per heavy atom. The van der Waals surface area contributed by atoms with Gasteiger partial charge in [0.05, 0.1) is 22.6 Å². The third kappa shape index (κ3) is 15.3. The van der Waals surface area contributed by atoms with Gasteiger partial charge in [0.1, 0.15) is 34.2 Å². The van der Waals surface area contributed by atoms with Crippen molar-refractivity contribution in [1.29, 1.82) is 0 Å². The van der Waals surface area contributed by atoms with Gasteiger partial charge in [-0.05, 0) is 213 Å². The molecule has 0 bridgehead atoms. The van der Waals surface area contributed by atoms with Crippen LogP contribution in [0.5, 0.6) is 0 Å². The van der Waals surface area contributed by atoms with E-state index in [1.165, 1.54) is 105 Å². The molecule has 0 aliphatic heterocycles. The molecule has 0 N–H and O–H groups in total. The molecule has 0 fully saturated rings. The quantitative estimate of drug-likeness (QED) is 0.115. The van der Waals surface area contributed by atoms with E-state index in [0.717, 1.165) is 122 Å². The van der Waals surface area contributed by atoms with E-state index in [2.05, 4.69) is 379 Å². The molecule has 6 nitrogen and oxygen atoms in total. The summed E-state index contributed by atoms with van der Waals surface area (Å²) in [6.07, 6.45) is 0. The lowest BCUT2D eigenvalue weighted by Crippen LogP contribution is -2.10. The largest absolute Gasteiger partial charge is 0.453 e. The van der Waals surface area contributed by atoms with Gasteiger partial charge in [-0.15, -0.1) is 34.0 Å². The Morgan fingerprint density at radius 3 is 0.778 bits per heavy atom. The monoisotopic (exact) mass is 1810 g/mol. The van der Waals surface area contributed by atoms with Gasteiger partial charge in [-0.1, -0.05) is 296 Å². The molecule has 6 heterocycles. The molecule has 0 saturated carbocycles. The third-order valence-electron chi connectivity index (χ3n) is 26.1. The number of para-hydroxylation sites is 5. The van der Waals surface area contributed by atoms with Gasteiger partial charge in [0.25, 0.3) is 0 Å². The van der Waals surface area contributed by atoms with Gasteiger partial charge in [0.15, 0.2) is 16.7 Å². The van der Waals surface area contributed by atoms with Gasteiger partial charge < -0.3 is 28.0 Å². The molecule has 652 valence electrons. The fourth-order valence-corrected chi connectivity index (χ4v) is 22.5. The lowest BCUT2D eigenvalue weighted by atomic mass is 9.86. The maximum atomic E-state index is 14.5. The van der Waals surface area contributed by atoms with Crippen molar-refractivity contribution in [3.8, 4) is 44.5 Å². The van der Waals surface area contributed by atoms with Crippen molar-refractivity contribution < 1.29 is 26.4 Å². The number of benzene rings is 19. The van der Waals surface area contributed by atoms with Crippen LogP contribution >= 0.6 is 34.0 Å². The zero-order valence-corrected chi connectivity index (χ0v) is 77.6. The SMILES string of the molecule is CC(C)(C)c1ccc(-c2ccc(N(c3ccc(-c4ccc(C(C)(C)C)cc4)cc3)c3cccc4c3oc3c4ccc4sc5ccccc5c43)cc2)cc1.Cc1ccc(-c2ccc(N(c3ccccc3)c3cccc4c3oc3c4ccc4sc5ccccc5c43)cc2)cc1.Fc1cc(F)c(-c2ccc(N(c3ccccc3)c3cccc4c3oc3c4ccc4sc5ccccc5c43)cc2)c(F)c1. The summed E-state index contributed by atoms with van der Waals surface area (Å²) in [7, 11) is 0. The van der Waals surface area contributed by atoms with Crippen LogP contribution in [-0.2, 0) is 10.8 Å². The highest BCUT2D eigenvalue weighted by Gasteiger charge is 2.28. The molecule has 12 heteroatoms. The molecule has 25 rings (SSSR count). The van der Waals surface area contributed by atoms with Gasteiger partial charge in [-0.3, -0.25) is 0 Å². The molecular weight excluding hydrogens is 1720 g/mol. The van der Waals surface area contributed by atoms with Gasteiger partial charge in [0, 0.05) is 139 Å². The zero-order chi connectivity index (χ0) is 91.5. The second kappa shape index (κ2) is 33.9. The van der Waals surface area contributed by atoms with Crippen LogP contribution in [0, 0.1) is 24.4 Å². The van der Waals surface area contributed by atoms with Gasteiger partial charge in [-0.2, -0.15) is 0 Å². The Labute approximate surface area is 791 Å². The molecule has 0 aliphatic carbocycles. The topological polar surface area (TPSA) is 49.1 Å². The van der Waals surface area contributed by atoms with Crippen molar-refractivity contribution in [3.05, 3.63) is 441 Å². The van der Waals surface area contributed by atoms with Crippen LogP contribution in [-0.4, -0.2) is 0 Å². The number of thiophene rings is 3. The summed E-state index contributed by atoms with van der Waals surface area (Å²) in [5.41, 5.74) is 25.6. The molecule has 0 amide bonds. The highest BCUT2D eigenvalue weighted by Crippen LogP contribution is 2.52. The van der Waals surface area contributed by atoms with Crippen LogP contribution in [0.3, 0.4) is 0 Å². The molecule has 135 heavy (non-hydrogen) atoms. The first kappa shape index (κ1) is 83.7. The number of fused-ring (bicyclic) bond motifs is 21. The summed E-state index contributed by atoms with van der Waals surface area (Å²) >= 11 is 5.39. The average molecular weight is 1810 g/mol. The Morgan fingerprint density at radius 2 is 0.474 bits per heavy atom. The number of hydrogen-bond donors (Lipinski definition) is 0. The number of nitrogens with zero attached hydrogens (tertiary/aromatic N) is 3. The minimum Gasteiger partial charge on any atom is -0.453 e. The van der Waals surface area contributed by atoms with E-state index in [1.807, 2.05) is 77.3 Å². The molecule has 19 aromatic carbocycles. The van der Waals surface area contributed by atoms with Crippen LogP contribution < -0.4 is 14.7 Å². The van der Waals surface area contributed by atoms with Crippen LogP contribution in [0.25, 0.3) is 171 Å². The summed E-state index contributed by atoms with van der Waals surface area (Å²) in [5.74, 6) is -2.84. The van der Waals surface area contributed by atoms with Crippen molar-refractivity contribution in [2.75, 3.05) is 14.7 Å². The average Bonchev–Trinajstić information content (AvgIpc) is 1.58. The summed E-state index contributed by atoms with van der Waals surface area (Å²) in [4.78, 5) is 6.70. The number of furan rings is 3. The first-order chi connectivity index (χ1) is 65.8. The fraction of sp³-hybridized carbons (Fsp3) is 0.0732. The molecule has 6 aromatic heterocycles. The normalized spacial score (nSPS) is 11.9. The Hall–Kier alpha value is -15.6. The number of aryl methyl sites for hydroxylation is 1. The number of rotatable bonds is 13. The first-order valence-electron chi connectivity index (χ1n) is 45.5. The summed E-state index contributed by atoms with van der Waals surface area (Å²) in [5, 5.41) is 13.7. The van der Waals surface area contributed by atoms with Gasteiger partial charge in [0.2, 0.25) is 0 Å². The summed E-state index contributed by atoms with van der Waals surface area (Å²) in [6.45, 7) is 15.7. The Kier molecular flexibility index (Phi) is 21.0. The third-order valence-corrected chi connectivity index (χ3v) is 29.5. The van der Waals surface area contributed by atoms with Crippen LogP contribution in [0.1, 0.15) is 58.2 Å². The molecule has 0 atom stereocenters. The maximum absolute atomic E-state index is 14.5. The lowest BCUT2D eigenvalue weighted by molar-refractivity contribution is 0.548. The van der Waals surface area contributed by atoms with E-state index in [-0.39, 0.29) is 16.4 Å². The minimum absolute atomic E-state index is 0.119. The molecule has 0 aliphatic rings. The number of hydrogen-bond acceptors (Lipinski definition) is 9. The fourth-order valence-electron chi connectivity index (χ4n) is 19.2. The van der Waals surface area contributed by atoms with E-state index in [0.29, 0.717) is 17.7 Å². The highest BCUT2D eigenvalue weighted by molar-refractivity contribution is 7.26. The van der Waals surface area contributed by atoms with E-state index in [9.17, 15) is 13.2 Å². The predicted octanol–water partition coefficient (Wildman–Crippen LogP) is 38.3. The van der Waals surface area contributed by atoms with Crippen LogP contribution in [0.4, 0.5) is 64.4 Å². The molecule has 0 radical (unpaired) electrons. The molecular formula is C123H88F3N3O3S3. The van der Waals surface area contributed by atoms with Crippen LogP contribution in [0.15, 0.2) is 420 Å². The Bertz CT molecular complexity index is 8710. The molecule has 0 spiro atoms. The van der Waals surface area contributed by atoms with Gasteiger partial charge >= 0.3 is 0 Å². The maximum Gasteiger partial charge on any atom is 0.159 e. The smallest absolute Gasteiger partial charge is 0.159 e. The van der Waals surface area contributed by atoms with E-state index in [1.54, 1.807) is 35.6 Å². The van der Waals surface area contributed by atoms with Crippen LogP contribution in [0.2, 0.25) is 0 Å². The second-order valence-corrected chi connectivity index (χ2v) is 39.9. The summed E-state index contributed by atoms with van der Waals surface area (Å²) in [6, 6.07) is 140. The predicted molar refractivity (Wildman–Crippen MR) is 568 cm³/mol. The van der Waals surface area contributed by atoms with E-state index < -0.39 is 17.5 Å².